The van der Waals surface area contributed by atoms with E-state index in [1.807, 2.05) is 6.92 Å². The van der Waals surface area contributed by atoms with E-state index in [0.717, 1.165) is 32.0 Å². The van der Waals surface area contributed by atoms with Crippen LogP contribution in [0.15, 0.2) is 0 Å². The number of aldehydes is 1. The first-order valence-electron chi connectivity index (χ1n) is 8.64. The third kappa shape index (κ3) is 2.95. The van der Waals surface area contributed by atoms with Crippen LogP contribution in [0.5, 0.6) is 0 Å². The van der Waals surface area contributed by atoms with Crippen LogP contribution >= 0.6 is 0 Å². The molecule has 1 N–H and O–H groups in total. The lowest BCUT2D eigenvalue weighted by Gasteiger charge is -2.46. The smallest absolute Gasteiger partial charge is 0.407 e. The van der Waals surface area contributed by atoms with E-state index in [4.69, 9.17) is 9.47 Å². The summed E-state index contributed by atoms with van der Waals surface area (Å²) in [7, 11) is 0. The van der Waals surface area contributed by atoms with Gasteiger partial charge in [0.1, 0.15) is 12.4 Å². The fraction of sp³-hybridized carbons (Fsp3) is 0.824. The molecule has 0 spiro atoms. The van der Waals surface area contributed by atoms with Crippen molar-refractivity contribution in [2.24, 2.45) is 29.6 Å². The van der Waals surface area contributed by atoms with Crippen LogP contribution in [0.3, 0.4) is 0 Å². The van der Waals surface area contributed by atoms with Crippen molar-refractivity contribution in [2.75, 3.05) is 6.61 Å². The summed E-state index contributed by atoms with van der Waals surface area (Å²) in [5.41, 5.74) is 0. The summed E-state index contributed by atoms with van der Waals surface area (Å²) < 4.78 is 10.3. The number of cyclic esters (lactones) is 1. The van der Waals surface area contributed by atoms with Gasteiger partial charge in [-0.15, -0.1) is 0 Å². The van der Waals surface area contributed by atoms with Gasteiger partial charge in [0.2, 0.25) is 0 Å². The standard InChI is InChI=1S/C17H25NO5/c1-3-22-17(21)18-11-4-5-12-10(6-11)7-13-15(14(12)8-19)9(2)23-16(13)20/h8-15H,3-7H2,1-2H3,(H,18,21). The van der Waals surface area contributed by atoms with Crippen molar-refractivity contribution in [3.8, 4) is 0 Å². The molecule has 6 nitrogen and oxygen atoms in total. The van der Waals surface area contributed by atoms with Crippen LogP contribution in [0.1, 0.15) is 39.5 Å². The molecule has 0 bridgehead atoms. The highest BCUT2D eigenvalue weighted by Gasteiger charge is 2.55. The van der Waals surface area contributed by atoms with Gasteiger partial charge in [-0.2, -0.15) is 0 Å². The first-order chi connectivity index (χ1) is 11.0. The third-order valence-electron chi connectivity index (χ3n) is 5.90. The van der Waals surface area contributed by atoms with Crippen LogP contribution in [0.2, 0.25) is 0 Å². The number of carbonyl (C=O) groups is 3. The Balaban J connectivity index is 1.70. The average molecular weight is 323 g/mol. The highest BCUT2D eigenvalue weighted by atomic mass is 16.6. The molecule has 0 aromatic heterocycles. The number of amides is 1. The maximum absolute atomic E-state index is 12.1. The van der Waals surface area contributed by atoms with Crippen LogP contribution in [0.25, 0.3) is 0 Å². The van der Waals surface area contributed by atoms with Gasteiger partial charge in [-0.3, -0.25) is 4.79 Å². The molecule has 1 aliphatic heterocycles. The molecule has 1 heterocycles. The van der Waals surface area contributed by atoms with Crippen molar-refractivity contribution in [1.82, 2.24) is 5.32 Å². The minimum atomic E-state index is -0.384. The molecule has 0 aromatic carbocycles. The topological polar surface area (TPSA) is 81.7 Å². The second-order valence-electron chi connectivity index (χ2n) is 7.07. The SMILES string of the molecule is CCOC(=O)NC1CCC2C(C1)CC1C(=O)OC(C)C1C2C=O. The average Bonchev–Trinajstić information content (AvgIpc) is 2.79. The first-order valence-corrected chi connectivity index (χ1v) is 8.64. The Bertz CT molecular complexity index is 493. The van der Waals surface area contributed by atoms with Gasteiger partial charge in [-0.1, -0.05) is 0 Å². The van der Waals surface area contributed by atoms with Gasteiger partial charge in [0.15, 0.2) is 0 Å². The van der Waals surface area contributed by atoms with Crippen LogP contribution in [0, 0.1) is 29.6 Å². The maximum atomic E-state index is 12.1. The molecule has 6 heteroatoms. The fourth-order valence-corrected chi connectivity index (χ4v) is 5.01. The molecule has 3 rings (SSSR count). The second-order valence-corrected chi connectivity index (χ2v) is 7.07. The van der Waals surface area contributed by atoms with Gasteiger partial charge < -0.3 is 19.6 Å². The number of fused-ring (bicyclic) bond motifs is 2. The number of rotatable bonds is 3. The van der Waals surface area contributed by atoms with Crippen molar-refractivity contribution >= 4 is 18.3 Å². The molecule has 1 saturated heterocycles. The Morgan fingerprint density at radius 3 is 2.87 bits per heavy atom. The summed E-state index contributed by atoms with van der Waals surface area (Å²) in [5, 5.41) is 2.90. The molecule has 23 heavy (non-hydrogen) atoms. The second kappa shape index (κ2) is 6.49. The number of alkyl carbamates (subject to hydrolysis) is 1. The molecular formula is C17H25NO5. The predicted octanol–water partition coefficient (Wildman–Crippen LogP) is 1.91. The molecule has 3 fully saturated rings. The van der Waals surface area contributed by atoms with E-state index in [1.165, 1.54) is 0 Å². The van der Waals surface area contributed by atoms with Gasteiger partial charge in [-0.25, -0.2) is 4.79 Å². The number of hydrogen-bond donors (Lipinski definition) is 1. The molecule has 7 unspecified atom stereocenters. The van der Waals surface area contributed by atoms with E-state index in [0.29, 0.717) is 12.5 Å². The van der Waals surface area contributed by atoms with E-state index in [1.54, 1.807) is 6.92 Å². The summed E-state index contributed by atoms with van der Waals surface area (Å²) in [6.45, 7) is 4.03. The number of esters is 1. The molecule has 128 valence electrons. The summed E-state index contributed by atoms with van der Waals surface area (Å²) >= 11 is 0. The molecule has 1 amide bonds. The van der Waals surface area contributed by atoms with Crippen molar-refractivity contribution in [3.05, 3.63) is 0 Å². The van der Waals surface area contributed by atoms with Crippen molar-refractivity contribution in [2.45, 2.75) is 51.7 Å². The highest BCUT2D eigenvalue weighted by Crippen LogP contribution is 2.52. The van der Waals surface area contributed by atoms with Crippen LogP contribution in [0.4, 0.5) is 4.79 Å². The van der Waals surface area contributed by atoms with Gasteiger partial charge in [0.05, 0.1) is 12.5 Å². The van der Waals surface area contributed by atoms with E-state index in [-0.39, 0.29) is 47.9 Å². The Morgan fingerprint density at radius 1 is 1.39 bits per heavy atom. The van der Waals surface area contributed by atoms with E-state index >= 15 is 0 Å². The van der Waals surface area contributed by atoms with Gasteiger partial charge >= 0.3 is 12.1 Å². The third-order valence-corrected chi connectivity index (χ3v) is 5.90. The zero-order valence-electron chi connectivity index (χ0n) is 13.7. The Morgan fingerprint density at radius 2 is 2.17 bits per heavy atom. The Labute approximate surface area is 136 Å². The van der Waals surface area contributed by atoms with Crippen molar-refractivity contribution in [3.63, 3.8) is 0 Å². The molecule has 3 aliphatic rings. The minimum absolute atomic E-state index is 0.0239. The van der Waals surface area contributed by atoms with E-state index in [9.17, 15) is 14.4 Å². The van der Waals surface area contributed by atoms with Gasteiger partial charge in [0.25, 0.3) is 0 Å². The minimum Gasteiger partial charge on any atom is -0.462 e. The summed E-state index contributed by atoms with van der Waals surface area (Å²) in [4.78, 5) is 35.4. The lowest BCUT2D eigenvalue weighted by atomic mass is 9.57. The molecule has 0 radical (unpaired) electrons. The molecule has 7 atom stereocenters. The molecule has 0 aromatic rings. The number of hydrogen-bond acceptors (Lipinski definition) is 5. The van der Waals surface area contributed by atoms with Gasteiger partial charge in [-0.05, 0) is 51.4 Å². The number of carbonyl (C=O) groups excluding carboxylic acids is 3. The lowest BCUT2D eigenvalue weighted by Crippen LogP contribution is -2.49. The van der Waals surface area contributed by atoms with Crippen LogP contribution in [-0.4, -0.2) is 37.1 Å². The molecular weight excluding hydrogens is 298 g/mol. The number of ether oxygens (including phenoxy) is 2. The van der Waals surface area contributed by atoms with Crippen molar-refractivity contribution in [1.29, 1.82) is 0 Å². The van der Waals surface area contributed by atoms with Crippen LogP contribution in [-0.2, 0) is 19.1 Å². The molecule has 2 aliphatic carbocycles. The normalized spacial score (nSPS) is 42.2. The van der Waals surface area contributed by atoms with Gasteiger partial charge in [0, 0.05) is 17.9 Å². The fourth-order valence-electron chi connectivity index (χ4n) is 5.01. The summed E-state index contributed by atoms with van der Waals surface area (Å²) in [5.74, 6) is 0.173. The Hall–Kier alpha value is -1.59. The van der Waals surface area contributed by atoms with Crippen LogP contribution < -0.4 is 5.32 Å². The monoisotopic (exact) mass is 323 g/mol. The zero-order valence-corrected chi connectivity index (χ0v) is 13.7. The number of nitrogens with one attached hydrogen (secondary N) is 1. The Kier molecular flexibility index (Phi) is 4.60. The summed E-state index contributed by atoms with van der Waals surface area (Å²) in [6.07, 6.45) is 3.80. The predicted molar refractivity (Wildman–Crippen MR) is 81.5 cm³/mol. The maximum Gasteiger partial charge on any atom is 0.407 e. The molecule has 2 saturated carbocycles. The lowest BCUT2D eigenvalue weighted by molar-refractivity contribution is -0.144. The largest absolute Gasteiger partial charge is 0.462 e. The quantitative estimate of drug-likeness (QED) is 0.634. The first kappa shape index (κ1) is 16.3. The highest BCUT2D eigenvalue weighted by molar-refractivity contribution is 5.77. The van der Waals surface area contributed by atoms with E-state index in [2.05, 4.69) is 5.32 Å². The van der Waals surface area contributed by atoms with Crippen molar-refractivity contribution < 1.29 is 23.9 Å². The van der Waals surface area contributed by atoms with E-state index < -0.39 is 0 Å². The zero-order chi connectivity index (χ0) is 16.6. The summed E-state index contributed by atoms with van der Waals surface area (Å²) in [6, 6.07) is 0.0639.